The molecule has 0 aromatic heterocycles. The maximum atomic E-state index is 2.56. The van der Waals surface area contributed by atoms with Gasteiger partial charge in [-0.25, -0.2) is 0 Å². The quantitative estimate of drug-likeness (QED) is 0.642. The predicted octanol–water partition coefficient (Wildman–Crippen LogP) is 4.97. The van der Waals surface area contributed by atoms with Crippen molar-refractivity contribution < 1.29 is 0 Å². The first-order valence-corrected chi connectivity index (χ1v) is 7.68. The Morgan fingerprint density at radius 1 is 1.12 bits per heavy atom. The summed E-state index contributed by atoms with van der Waals surface area (Å²) in [6.45, 7) is 4.82. The molecule has 2 fully saturated rings. The molecule has 0 aromatic carbocycles. The fourth-order valence-electron chi connectivity index (χ4n) is 4.89. The highest BCUT2D eigenvalue weighted by atomic mass is 14.6. The van der Waals surface area contributed by atoms with Crippen molar-refractivity contribution in [1.82, 2.24) is 0 Å². The molecular formula is C17H26. The molecule has 0 amide bonds. The van der Waals surface area contributed by atoms with E-state index in [1.807, 2.05) is 0 Å². The van der Waals surface area contributed by atoms with E-state index in [0.717, 1.165) is 23.7 Å². The normalized spacial score (nSPS) is 47.9. The zero-order valence-corrected chi connectivity index (χ0v) is 11.4. The number of rotatable bonds is 3. The second-order valence-corrected chi connectivity index (χ2v) is 6.44. The van der Waals surface area contributed by atoms with E-state index in [-0.39, 0.29) is 0 Å². The summed E-state index contributed by atoms with van der Waals surface area (Å²) in [4.78, 5) is 0. The van der Waals surface area contributed by atoms with Gasteiger partial charge in [-0.2, -0.15) is 0 Å². The van der Waals surface area contributed by atoms with E-state index in [1.54, 1.807) is 0 Å². The summed E-state index contributed by atoms with van der Waals surface area (Å²) >= 11 is 0. The average Bonchev–Trinajstić information content (AvgIpc) is 3.13. The molecule has 0 heterocycles. The van der Waals surface area contributed by atoms with Crippen LogP contribution in [0.2, 0.25) is 0 Å². The molecule has 94 valence electrons. The molecule has 0 saturated heterocycles. The van der Waals surface area contributed by atoms with Crippen LogP contribution in [0.15, 0.2) is 24.3 Å². The second kappa shape index (κ2) is 4.30. The molecule has 0 aliphatic heterocycles. The van der Waals surface area contributed by atoms with Crippen LogP contribution >= 0.6 is 0 Å². The minimum absolute atomic E-state index is 0.600. The Labute approximate surface area is 106 Å². The largest absolute Gasteiger partial charge is 0.0805 e. The maximum absolute atomic E-state index is 2.56. The summed E-state index contributed by atoms with van der Waals surface area (Å²) in [7, 11) is 0. The third kappa shape index (κ3) is 1.72. The lowest BCUT2D eigenvalue weighted by atomic mass is 9.63. The molecule has 5 atom stereocenters. The molecule has 2 saturated carbocycles. The summed E-state index contributed by atoms with van der Waals surface area (Å²) in [5.74, 6) is 3.88. The summed E-state index contributed by atoms with van der Waals surface area (Å²) < 4.78 is 0. The Morgan fingerprint density at radius 2 is 2.00 bits per heavy atom. The van der Waals surface area contributed by atoms with Gasteiger partial charge in [-0.1, -0.05) is 63.8 Å². The van der Waals surface area contributed by atoms with Crippen molar-refractivity contribution in [3.63, 3.8) is 0 Å². The molecule has 3 aliphatic rings. The van der Waals surface area contributed by atoms with Gasteiger partial charge < -0.3 is 0 Å². The van der Waals surface area contributed by atoms with E-state index in [0.29, 0.717) is 5.41 Å². The van der Waals surface area contributed by atoms with Crippen molar-refractivity contribution in [2.24, 2.45) is 29.1 Å². The lowest BCUT2D eigenvalue weighted by Gasteiger charge is -2.42. The van der Waals surface area contributed by atoms with Gasteiger partial charge in [0.2, 0.25) is 0 Å². The summed E-state index contributed by atoms with van der Waals surface area (Å²) in [5, 5.41) is 0. The number of allylic oxidation sites excluding steroid dienone is 4. The minimum atomic E-state index is 0.600. The van der Waals surface area contributed by atoms with Crippen LogP contribution < -0.4 is 0 Å². The van der Waals surface area contributed by atoms with Crippen molar-refractivity contribution in [2.75, 3.05) is 0 Å². The molecule has 0 heteroatoms. The average molecular weight is 230 g/mol. The zero-order chi connectivity index (χ0) is 11.9. The van der Waals surface area contributed by atoms with Gasteiger partial charge >= 0.3 is 0 Å². The van der Waals surface area contributed by atoms with Gasteiger partial charge in [0, 0.05) is 0 Å². The Bertz CT molecular complexity index is 338. The van der Waals surface area contributed by atoms with E-state index >= 15 is 0 Å². The number of fused-ring (bicyclic) bond motifs is 1. The van der Waals surface area contributed by atoms with E-state index in [9.17, 15) is 0 Å². The third-order valence-electron chi connectivity index (χ3n) is 5.86. The Kier molecular flexibility index (Phi) is 2.92. The van der Waals surface area contributed by atoms with Gasteiger partial charge in [0.05, 0.1) is 0 Å². The highest BCUT2D eigenvalue weighted by Gasteiger charge is 2.58. The zero-order valence-electron chi connectivity index (χ0n) is 11.4. The monoisotopic (exact) mass is 230 g/mol. The van der Waals surface area contributed by atoms with E-state index in [4.69, 9.17) is 0 Å². The molecule has 3 unspecified atom stereocenters. The lowest BCUT2D eigenvalue weighted by molar-refractivity contribution is 0.0958. The molecule has 0 N–H and O–H groups in total. The van der Waals surface area contributed by atoms with Gasteiger partial charge in [0.25, 0.3) is 0 Å². The molecule has 0 radical (unpaired) electrons. The molecule has 0 aromatic rings. The Balaban J connectivity index is 1.82. The number of hydrogen-bond acceptors (Lipinski definition) is 0. The van der Waals surface area contributed by atoms with Crippen molar-refractivity contribution in [3.8, 4) is 0 Å². The van der Waals surface area contributed by atoms with Crippen LogP contribution in [0.5, 0.6) is 0 Å². The van der Waals surface area contributed by atoms with E-state index in [2.05, 4.69) is 38.2 Å². The van der Waals surface area contributed by atoms with Crippen LogP contribution in [0.4, 0.5) is 0 Å². The van der Waals surface area contributed by atoms with Crippen LogP contribution in [0.25, 0.3) is 0 Å². The van der Waals surface area contributed by atoms with Crippen molar-refractivity contribution >= 4 is 0 Å². The minimum Gasteiger partial charge on any atom is -0.0805 e. The highest BCUT2D eigenvalue weighted by Crippen LogP contribution is 2.66. The molecule has 0 nitrogen and oxygen atoms in total. The van der Waals surface area contributed by atoms with E-state index in [1.165, 1.54) is 38.5 Å². The SMILES string of the molecule is CCC1[C@@H](CC)CCC[C@H]1C12C=CC=CC1C2. The molecule has 0 bridgehead atoms. The van der Waals surface area contributed by atoms with Crippen LogP contribution in [0, 0.1) is 29.1 Å². The smallest absolute Gasteiger partial charge is 0.00151 e. The van der Waals surface area contributed by atoms with E-state index < -0.39 is 0 Å². The maximum Gasteiger partial charge on any atom is -0.00151 e. The predicted molar refractivity (Wildman–Crippen MR) is 73.7 cm³/mol. The Hall–Kier alpha value is -0.520. The first-order chi connectivity index (χ1) is 8.31. The van der Waals surface area contributed by atoms with Gasteiger partial charge in [-0.05, 0) is 41.9 Å². The first kappa shape index (κ1) is 11.6. The molecule has 3 rings (SSSR count). The molecule has 0 spiro atoms. The molecular weight excluding hydrogens is 204 g/mol. The second-order valence-electron chi connectivity index (χ2n) is 6.44. The van der Waals surface area contributed by atoms with Gasteiger partial charge in [-0.3, -0.25) is 0 Å². The van der Waals surface area contributed by atoms with Crippen LogP contribution in [-0.2, 0) is 0 Å². The highest BCUT2D eigenvalue weighted by molar-refractivity contribution is 5.31. The summed E-state index contributed by atoms with van der Waals surface area (Å²) in [6.07, 6.45) is 18.3. The fraction of sp³-hybridized carbons (Fsp3) is 0.765. The van der Waals surface area contributed by atoms with Crippen molar-refractivity contribution in [1.29, 1.82) is 0 Å². The lowest BCUT2D eigenvalue weighted by Crippen LogP contribution is -2.34. The van der Waals surface area contributed by atoms with Gasteiger partial charge in [0.1, 0.15) is 0 Å². The Morgan fingerprint density at radius 3 is 2.71 bits per heavy atom. The third-order valence-corrected chi connectivity index (χ3v) is 5.86. The molecule has 3 aliphatic carbocycles. The fourth-order valence-corrected chi connectivity index (χ4v) is 4.89. The molecule has 17 heavy (non-hydrogen) atoms. The van der Waals surface area contributed by atoms with Gasteiger partial charge in [0.15, 0.2) is 0 Å². The summed E-state index contributed by atoms with van der Waals surface area (Å²) in [5.41, 5.74) is 0.600. The summed E-state index contributed by atoms with van der Waals surface area (Å²) in [6, 6.07) is 0. The number of hydrogen-bond donors (Lipinski definition) is 0. The van der Waals surface area contributed by atoms with Crippen LogP contribution in [-0.4, -0.2) is 0 Å². The van der Waals surface area contributed by atoms with Crippen molar-refractivity contribution in [2.45, 2.75) is 52.4 Å². The standard InChI is InChI=1S/C17H26/c1-3-13-8-7-10-16(15(13)4-2)17-11-6-5-9-14(17)12-17/h5-6,9,11,13-16H,3-4,7-8,10,12H2,1-2H3/t13-,14?,15?,16+,17?/m0/s1. The van der Waals surface area contributed by atoms with Crippen molar-refractivity contribution in [3.05, 3.63) is 24.3 Å². The van der Waals surface area contributed by atoms with Gasteiger partial charge in [-0.15, -0.1) is 0 Å². The first-order valence-electron chi connectivity index (χ1n) is 7.68. The topological polar surface area (TPSA) is 0 Å². The van der Waals surface area contributed by atoms with Crippen LogP contribution in [0.1, 0.15) is 52.4 Å². The van der Waals surface area contributed by atoms with Crippen LogP contribution in [0.3, 0.4) is 0 Å².